The molecule has 28 heavy (non-hydrogen) atoms. The minimum atomic E-state index is -3.79. The standard InChI is InChI=1S/C20H20ClN3O3S/c1-12-17(20(25)23-2)19(14-6-10-16(11-7-14)28(22,26)27)24(3)18(12)13-4-8-15(21)9-5-13/h4-11H,1-3H3,(H,23,25)(H2,22,26,27). The number of benzene rings is 2. The summed E-state index contributed by atoms with van der Waals surface area (Å²) in [5, 5.41) is 8.49. The molecule has 0 aliphatic heterocycles. The van der Waals surface area contributed by atoms with Crippen LogP contribution in [-0.4, -0.2) is 25.9 Å². The van der Waals surface area contributed by atoms with Crippen LogP contribution in [0.3, 0.4) is 0 Å². The van der Waals surface area contributed by atoms with Crippen LogP contribution in [0, 0.1) is 6.92 Å². The van der Waals surface area contributed by atoms with Gasteiger partial charge in [-0.2, -0.15) is 0 Å². The van der Waals surface area contributed by atoms with Gasteiger partial charge in [-0.15, -0.1) is 0 Å². The van der Waals surface area contributed by atoms with Gasteiger partial charge in [0.1, 0.15) is 0 Å². The maximum Gasteiger partial charge on any atom is 0.253 e. The summed E-state index contributed by atoms with van der Waals surface area (Å²) in [6.45, 7) is 1.89. The Labute approximate surface area is 169 Å². The van der Waals surface area contributed by atoms with Gasteiger partial charge in [0, 0.05) is 19.1 Å². The van der Waals surface area contributed by atoms with Crippen molar-refractivity contribution < 1.29 is 13.2 Å². The minimum absolute atomic E-state index is 0.0154. The molecular weight excluding hydrogens is 398 g/mol. The number of hydrogen-bond acceptors (Lipinski definition) is 3. The van der Waals surface area contributed by atoms with Crippen LogP contribution in [0.5, 0.6) is 0 Å². The average molecular weight is 418 g/mol. The highest BCUT2D eigenvalue weighted by Crippen LogP contribution is 2.36. The fourth-order valence-electron chi connectivity index (χ4n) is 3.39. The predicted molar refractivity (Wildman–Crippen MR) is 111 cm³/mol. The predicted octanol–water partition coefficient (Wildman–Crippen LogP) is 3.33. The summed E-state index contributed by atoms with van der Waals surface area (Å²) in [5.41, 5.74) is 4.52. The molecule has 3 aromatic rings. The van der Waals surface area contributed by atoms with Crippen molar-refractivity contribution in [2.45, 2.75) is 11.8 Å². The van der Waals surface area contributed by atoms with E-state index in [2.05, 4.69) is 5.32 Å². The van der Waals surface area contributed by atoms with Gasteiger partial charge < -0.3 is 9.88 Å². The van der Waals surface area contributed by atoms with Gasteiger partial charge in [0.25, 0.3) is 5.91 Å². The molecule has 1 amide bonds. The molecule has 0 saturated carbocycles. The van der Waals surface area contributed by atoms with Crippen LogP contribution in [0.2, 0.25) is 5.02 Å². The number of aromatic nitrogens is 1. The van der Waals surface area contributed by atoms with Crippen molar-refractivity contribution in [2.24, 2.45) is 12.2 Å². The monoisotopic (exact) mass is 417 g/mol. The van der Waals surface area contributed by atoms with Crippen molar-refractivity contribution in [3.63, 3.8) is 0 Å². The Morgan fingerprint density at radius 1 is 1.00 bits per heavy atom. The van der Waals surface area contributed by atoms with Crippen LogP contribution in [0.1, 0.15) is 15.9 Å². The Bertz CT molecular complexity index is 1150. The van der Waals surface area contributed by atoms with E-state index >= 15 is 0 Å². The van der Waals surface area contributed by atoms with Crippen LogP contribution < -0.4 is 10.5 Å². The Balaban J connectivity index is 2.27. The second-order valence-corrected chi connectivity index (χ2v) is 8.41. The maximum absolute atomic E-state index is 12.6. The number of amides is 1. The van der Waals surface area contributed by atoms with Gasteiger partial charge >= 0.3 is 0 Å². The SMILES string of the molecule is CNC(=O)c1c(C)c(-c2ccc(Cl)cc2)n(C)c1-c1ccc(S(N)(=O)=O)cc1. The average Bonchev–Trinajstić information content (AvgIpc) is 2.92. The number of hydrogen-bond donors (Lipinski definition) is 2. The number of halogens is 1. The van der Waals surface area contributed by atoms with E-state index in [9.17, 15) is 13.2 Å². The first kappa shape index (κ1) is 20.1. The summed E-state index contributed by atoms with van der Waals surface area (Å²) in [6, 6.07) is 13.5. The van der Waals surface area contributed by atoms with Gasteiger partial charge in [0.05, 0.1) is 21.8 Å². The number of rotatable bonds is 4. The lowest BCUT2D eigenvalue weighted by Crippen LogP contribution is -2.19. The zero-order chi connectivity index (χ0) is 20.6. The van der Waals surface area contributed by atoms with E-state index in [1.165, 1.54) is 12.1 Å². The molecule has 3 rings (SSSR count). The molecule has 0 aliphatic rings. The van der Waals surface area contributed by atoms with Crippen LogP contribution in [0.25, 0.3) is 22.5 Å². The molecule has 0 atom stereocenters. The van der Waals surface area contributed by atoms with E-state index in [1.807, 2.05) is 30.7 Å². The molecule has 0 bridgehead atoms. The van der Waals surface area contributed by atoms with Crippen molar-refractivity contribution in [2.75, 3.05) is 7.05 Å². The molecule has 0 spiro atoms. The third-order valence-corrected chi connectivity index (χ3v) is 5.85. The Morgan fingerprint density at radius 2 is 1.50 bits per heavy atom. The largest absolute Gasteiger partial charge is 0.355 e. The lowest BCUT2D eigenvalue weighted by atomic mass is 10.0. The number of nitrogens with zero attached hydrogens (tertiary/aromatic N) is 1. The highest BCUT2D eigenvalue weighted by molar-refractivity contribution is 7.89. The second-order valence-electron chi connectivity index (χ2n) is 6.41. The molecule has 0 saturated heterocycles. The molecule has 1 heterocycles. The Kier molecular flexibility index (Phi) is 5.34. The van der Waals surface area contributed by atoms with Crippen molar-refractivity contribution >= 4 is 27.5 Å². The second kappa shape index (κ2) is 7.43. The molecule has 8 heteroatoms. The number of sulfonamides is 1. The zero-order valence-electron chi connectivity index (χ0n) is 15.7. The molecule has 0 aliphatic carbocycles. The summed E-state index contributed by atoms with van der Waals surface area (Å²) in [5.74, 6) is -0.223. The number of primary sulfonamides is 1. The number of nitrogens with one attached hydrogen (secondary N) is 1. The number of nitrogens with two attached hydrogens (primary N) is 1. The van der Waals surface area contributed by atoms with E-state index in [0.717, 1.165) is 16.8 Å². The molecule has 146 valence electrons. The van der Waals surface area contributed by atoms with Crippen LogP contribution >= 0.6 is 11.6 Å². The van der Waals surface area contributed by atoms with Crippen molar-refractivity contribution in [3.8, 4) is 22.5 Å². The molecule has 3 N–H and O–H groups in total. The quantitative estimate of drug-likeness (QED) is 0.681. The normalized spacial score (nSPS) is 11.5. The summed E-state index contributed by atoms with van der Waals surface area (Å²) in [6.07, 6.45) is 0. The van der Waals surface area contributed by atoms with Crippen molar-refractivity contribution in [1.82, 2.24) is 9.88 Å². The smallest absolute Gasteiger partial charge is 0.253 e. The highest BCUT2D eigenvalue weighted by Gasteiger charge is 2.25. The van der Waals surface area contributed by atoms with Crippen LogP contribution in [0.4, 0.5) is 0 Å². The van der Waals surface area contributed by atoms with Crippen LogP contribution in [-0.2, 0) is 17.1 Å². The van der Waals surface area contributed by atoms with Gasteiger partial charge in [-0.1, -0.05) is 35.9 Å². The third-order valence-electron chi connectivity index (χ3n) is 4.67. The molecule has 1 aromatic heterocycles. The van der Waals surface area contributed by atoms with Gasteiger partial charge in [0.2, 0.25) is 10.0 Å². The molecule has 0 fully saturated rings. The van der Waals surface area contributed by atoms with Crippen LogP contribution in [0.15, 0.2) is 53.4 Å². The zero-order valence-corrected chi connectivity index (χ0v) is 17.2. The highest BCUT2D eigenvalue weighted by atomic mass is 35.5. The van der Waals surface area contributed by atoms with E-state index in [1.54, 1.807) is 31.3 Å². The first-order valence-corrected chi connectivity index (χ1v) is 10.4. The van der Waals surface area contributed by atoms with Gasteiger partial charge in [-0.25, -0.2) is 13.6 Å². The van der Waals surface area contributed by atoms with Gasteiger partial charge in [0.15, 0.2) is 0 Å². The van der Waals surface area contributed by atoms with Gasteiger partial charge in [-0.3, -0.25) is 4.79 Å². The lowest BCUT2D eigenvalue weighted by molar-refractivity contribution is 0.0963. The van der Waals surface area contributed by atoms with Gasteiger partial charge in [-0.05, 0) is 47.9 Å². The first-order valence-electron chi connectivity index (χ1n) is 8.45. The van der Waals surface area contributed by atoms with E-state index in [4.69, 9.17) is 16.7 Å². The lowest BCUT2D eigenvalue weighted by Gasteiger charge is -2.10. The van der Waals surface area contributed by atoms with E-state index < -0.39 is 10.0 Å². The number of carbonyl (C=O) groups excluding carboxylic acids is 1. The van der Waals surface area contributed by atoms with Crippen molar-refractivity contribution in [3.05, 3.63) is 64.7 Å². The molecule has 6 nitrogen and oxygen atoms in total. The van der Waals surface area contributed by atoms with E-state index in [-0.39, 0.29) is 10.8 Å². The summed E-state index contributed by atoms with van der Waals surface area (Å²) in [7, 11) is -0.350. The number of carbonyl (C=O) groups is 1. The fourth-order valence-corrected chi connectivity index (χ4v) is 4.03. The Morgan fingerprint density at radius 3 is 2.00 bits per heavy atom. The molecule has 0 radical (unpaired) electrons. The Hall–Kier alpha value is -2.61. The summed E-state index contributed by atoms with van der Waals surface area (Å²) in [4.78, 5) is 12.7. The maximum atomic E-state index is 12.6. The van der Waals surface area contributed by atoms with E-state index in [0.29, 0.717) is 21.8 Å². The first-order chi connectivity index (χ1) is 13.1. The third kappa shape index (κ3) is 3.56. The molecular formula is C20H20ClN3O3S. The summed E-state index contributed by atoms with van der Waals surface area (Å²) >= 11 is 6.01. The minimum Gasteiger partial charge on any atom is -0.355 e. The topological polar surface area (TPSA) is 94.2 Å². The summed E-state index contributed by atoms with van der Waals surface area (Å²) < 4.78 is 25.0. The fraction of sp³-hybridized carbons (Fsp3) is 0.150. The molecule has 2 aromatic carbocycles. The molecule has 0 unspecified atom stereocenters. The van der Waals surface area contributed by atoms with Crippen molar-refractivity contribution in [1.29, 1.82) is 0 Å².